The molecule has 2 atom stereocenters. The van der Waals surface area contributed by atoms with Gasteiger partial charge in [-0.1, -0.05) is 6.07 Å². The third-order valence-electron chi connectivity index (χ3n) is 4.38. The van der Waals surface area contributed by atoms with Gasteiger partial charge in [-0.2, -0.15) is 11.8 Å². The molecule has 18 heavy (non-hydrogen) atoms. The normalized spacial score (nSPS) is 25.9. The number of hydrogen-bond acceptors (Lipinski definition) is 3. The summed E-state index contributed by atoms with van der Waals surface area (Å²) in [7, 11) is 0. The van der Waals surface area contributed by atoms with Crippen LogP contribution in [0.25, 0.3) is 0 Å². The molecular formula is C15H21NOS. The Labute approximate surface area is 113 Å². The van der Waals surface area contributed by atoms with Crippen molar-refractivity contribution in [3.63, 3.8) is 0 Å². The number of rotatable bonds is 3. The molecule has 98 valence electrons. The molecule has 2 unspecified atom stereocenters. The van der Waals surface area contributed by atoms with Crippen molar-refractivity contribution in [2.75, 3.05) is 11.5 Å². The fourth-order valence-corrected chi connectivity index (χ4v) is 4.51. The van der Waals surface area contributed by atoms with Crippen LogP contribution in [0.3, 0.4) is 0 Å². The van der Waals surface area contributed by atoms with E-state index >= 15 is 0 Å². The zero-order chi connectivity index (χ0) is 12.4. The van der Waals surface area contributed by atoms with Crippen LogP contribution >= 0.6 is 11.8 Å². The Bertz CT molecular complexity index is 403. The molecule has 1 fully saturated rings. The monoisotopic (exact) mass is 263 g/mol. The Morgan fingerprint density at radius 3 is 3.00 bits per heavy atom. The number of fused-ring (bicyclic) bond motifs is 1. The van der Waals surface area contributed by atoms with E-state index in [1.54, 1.807) is 0 Å². The summed E-state index contributed by atoms with van der Waals surface area (Å²) in [5.41, 5.74) is 2.51. The minimum absolute atomic E-state index is 0.186. The largest absolute Gasteiger partial charge is 0.392 e. The lowest BCUT2D eigenvalue weighted by Gasteiger charge is -2.26. The third-order valence-corrected chi connectivity index (χ3v) is 5.43. The van der Waals surface area contributed by atoms with Gasteiger partial charge in [0.25, 0.3) is 0 Å². The van der Waals surface area contributed by atoms with E-state index < -0.39 is 0 Å². The van der Waals surface area contributed by atoms with Crippen LogP contribution in [-0.2, 0) is 6.42 Å². The van der Waals surface area contributed by atoms with Crippen molar-refractivity contribution >= 4 is 11.8 Å². The molecule has 1 aliphatic carbocycles. The van der Waals surface area contributed by atoms with Crippen LogP contribution in [-0.4, -0.2) is 27.7 Å². The lowest BCUT2D eigenvalue weighted by molar-refractivity contribution is 0.110. The first-order valence-corrected chi connectivity index (χ1v) is 8.19. The van der Waals surface area contributed by atoms with Gasteiger partial charge in [0.15, 0.2) is 0 Å². The zero-order valence-electron chi connectivity index (χ0n) is 10.7. The summed E-state index contributed by atoms with van der Waals surface area (Å²) in [5, 5.41) is 10.5. The average molecular weight is 263 g/mol. The van der Waals surface area contributed by atoms with Gasteiger partial charge in [0, 0.05) is 17.8 Å². The lowest BCUT2D eigenvalue weighted by Crippen LogP contribution is -2.23. The number of aliphatic hydroxyl groups is 1. The van der Waals surface area contributed by atoms with Crippen molar-refractivity contribution in [3.8, 4) is 0 Å². The number of aromatic nitrogens is 1. The maximum absolute atomic E-state index is 10.5. The summed E-state index contributed by atoms with van der Waals surface area (Å²) in [6, 6.07) is 4.16. The molecule has 0 spiro atoms. The van der Waals surface area contributed by atoms with E-state index in [1.807, 2.05) is 12.3 Å². The highest BCUT2D eigenvalue weighted by atomic mass is 32.2. The molecule has 3 rings (SSSR count). The maximum Gasteiger partial charge on any atom is 0.0626 e. The molecular weight excluding hydrogens is 242 g/mol. The van der Waals surface area contributed by atoms with Gasteiger partial charge < -0.3 is 5.11 Å². The van der Waals surface area contributed by atoms with Gasteiger partial charge in [-0.05, 0) is 61.2 Å². The average Bonchev–Trinajstić information content (AvgIpc) is 2.84. The van der Waals surface area contributed by atoms with Crippen molar-refractivity contribution < 1.29 is 5.11 Å². The highest BCUT2D eigenvalue weighted by Crippen LogP contribution is 2.37. The van der Waals surface area contributed by atoms with Crippen LogP contribution in [0.2, 0.25) is 0 Å². The van der Waals surface area contributed by atoms with Crippen LogP contribution in [0.5, 0.6) is 0 Å². The first kappa shape index (κ1) is 12.5. The van der Waals surface area contributed by atoms with Gasteiger partial charge in [-0.3, -0.25) is 4.98 Å². The first-order chi connectivity index (χ1) is 8.84. The van der Waals surface area contributed by atoms with Crippen LogP contribution in [0.4, 0.5) is 0 Å². The van der Waals surface area contributed by atoms with Crippen molar-refractivity contribution in [1.82, 2.24) is 4.98 Å². The van der Waals surface area contributed by atoms with Crippen molar-refractivity contribution in [2.45, 2.75) is 44.1 Å². The molecule has 1 N–H and O–H groups in total. The highest BCUT2D eigenvalue weighted by molar-refractivity contribution is 7.99. The van der Waals surface area contributed by atoms with E-state index in [1.165, 1.54) is 29.9 Å². The molecule has 2 nitrogen and oxygen atoms in total. The molecule has 2 heterocycles. The van der Waals surface area contributed by atoms with E-state index in [9.17, 15) is 5.11 Å². The highest BCUT2D eigenvalue weighted by Gasteiger charge is 2.31. The molecule has 1 aromatic rings. The molecule has 0 amide bonds. The van der Waals surface area contributed by atoms with Crippen LogP contribution in [0.15, 0.2) is 18.3 Å². The summed E-state index contributed by atoms with van der Waals surface area (Å²) in [5.74, 6) is 3.57. The molecule has 0 saturated carbocycles. The number of aryl methyl sites for hydroxylation is 1. The fraction of sp³-hybridized carbons (Fsp3) is 0.667. The molecule has 1 aromatic heterocycles. The quantitative estimate of drug-likeness (QED) is 0.910. The standard InChI is InChI=1S/C15H21NOS/c17-14(10-11-5-8-18-9-6-11)13-4-3-12-2-1-7-16-15(12)13/h1-2,7,11,13-14,17H,3-6,8-10H2. The smallest absolute Gasteiger partial charge is 0.0626 e. The van der Waals surface area contributed by atoms with Gasteiger partial charge in [-0.15, -0.1) is 0 Å². The number of nitrogens with zero attached hydrogens (tertiary/aromatic N) is 1. The van der Waals surface area contributed by atoms with E-state index in [2.05, 4.69) is 22.8 Å². The minimum Gasteiger partial charge on any atom is -0.392 e. The second-order valence-electron chi connectivity index (χ2n) is 5.55. The van der Waals surface area contributed by atoms with E-state index in [-0.39, 0.29) is 12.0 Å². The van der Waals surface area contributed by atoms with Gasteiger partial charge in [0.2, 0.25) is 0 Å². The van der Waals surface area contributed by atoms with Crippen LogP contribution in [0, 0.1) is 5.92 Å². The van der Waals surface area contributed by atoms with Gasteiger partial charge >= 0.3 is 0 Å². The van der Waals surface area contributed by atoms with Crippen molar-refractivity contribution in [1.29, 1.82) is 0 Å². The lowest BCUT2D eigenvalue weighted by atomic mass is 9.88. The Hall–Kier alpha value is -0.540. The van der Waals surface area contributed by atoms with E-state index in [0.717, 1.165) is 30.9 Å². The van der Waals surface area contributed by atoms with Gasteiger partial charge in [0.05, 0.1) is 6.10 Å². The second kappa shape index (κ2) is 5.62. The van der Waals surface area contributed by atoms with E-state index in [0.29, 0.717) is 0 Å². The molecule has 2 aliphatic rings. The summed E-state index contributed by atoms with van der Waals surface area (Å²) < 4.78 is 0. The molecule has 1 saturated heterocycles. The number of pyridine rings is 1. The molecule has 0 radical (unpaired) electrons. The molecule has 0 aromatic carbocycles. The number of aliphatic hydroxyl groups excluding tert-OH is 1. The minimum atomic E-state index is -0.186. The van der Waals surface area contributed by atoms with Crippen molar-refractivity contribution in [2.24, 2.45) is 5.92 Å². The Morgan fingerprint density at radius 2 is 2.17 bits per heavy atom. The summed E-state index contributed by atoms with van der Waals surface area (Å²) in [6.45, 7) is 0. The van der Waals surface area contributed by atoms with Gasteiger partial charge in [0.1, 0.15) is 0 Å². The van der Waals surface area contributed by atoms with Crippen LogP contribution < -0.4 is 0 Å². The molecule has 1 aliphatic heterocycles. The molecule has 3 heteroatoms. The fourth-order valence-electron chi connectivity index (χ4n) is 3.31. The van der Waals surface area contributed by atoms with Crippen LogP contribution in [0.1, 0.15) is 42.9 Å². The predicted molar refractivity (Wildman–Crippen MR) is 76.0 cm³/mol. The second-order valence-corrected chi connectivity index (χ2v) is 6.78. The number of hydrogen-bond donors (Lipinski definition) is 1. The Morgan fingerprint density at radius 1 is 1.33 bits per heavy atom. The first-order valence-electron chi connectivity index (χ1n) is 7.04. The Kier molecular flexibility index (Phi) is 3.90. The zero-order valence-corrected chi connectivity index (χ0v) is 11.5. The number of thioether (sulfide) groups is 1. The van der Waals surface area contributed by atoms with E-state index in [4.69, 9.17) is 0 Å². The summed E-state index contributed by atoms with van der Waals surface area (Å²) in [6.07, 6.45) is 7.38. The molecule has 0 bridgehead atoms. The maximum atomic E-state index is 10.5. The predicted octanol–water partition coefficient (Wildman–Crippen LogP) is 3.01. The summed E-state index contributed by atoms with van der Waals surface area (Å²) in [4.78, 5) is 4.49. The third kappa shape index (κ3) is 2.57. The SMILES string of the molecule is OC(CC1CCSCC1)C1CCc2cccnc21. The topological polar surface area (TPSA) is 33.1 Å². The van der Waals surface area contributed by atoms with Gasteiger partial charge in [-0.25, -0.2) is 0 Å². The van der Waals surface area contributed by atoms with Crippen molar-refractivity contribution in [3.05, 3.63) is 29.6 Å². The summed E-state index contributed by atoms with van der Waals surface area (Å²) >= 11 is 2.05. The Balaban J connectivity index is 1.64.